The van der Waals surface area contributed by atoms with E-state index in [1.807, 2.05) is 0 Å². The van der Waals surface area contributed by atoms with Gasteiger partial charge in [-0.25, -0.2) is 0 Å². The molecule has 236 valence electrons. The van der Waals surface area contributed by atoms with Gasteiger partial charge in [-0.15, -0.1) is 0 Å². The largest absolute Gasteiger partial charge is 0.466 e. The summed E-state index contributed by atoms with van der Waals surface area (Å²) in [6.07, 6.45) is 37.1. The molecule has 0 amide bonds. The number of rotatable bonds is 31. The first-order valence-electron chi connectivity index (χ1n) is 17.4. The number of ether oxygens (including phenoxy) is 1. The normalized spacial score (nSPS) is 13.4. The van der Waals surface area contributed by atoms with Crippen LogP contribution in [0.1, 0.15) is 181 Å². The van der Waals surface area contributed by atoms with E-state index in [4.69, 9.17) is 4.74 Å². The first-order chi connectivity index (χ1) is 19.6. The summed E-state index contributed by atoms with van der Waals surface area (Å²) < 4.78 is 5.40. The van der Waals surface area contributed by atoms with E-state index in [0.29, 0.717) is 13.0 Å². The van der Waals surface area contributed by atoms with Gasteiger partial charge in [0.05, 0.1) is 18.8 Å². The van der Waals surface area contributed by atoms with Crippen LogP contribution in [-0.4, -0.2) is 35.0 Å². The molecule has 0 bridgehead atoms. The van der Waals surface area contributed by atoms with Crippen LogP contribution < -0.4 is 0 Å². The maximum Gasteiger partial charge on any atom is 0.305 e. The van der Waals surface area contributed by atoms with Crippen molar-refractivity contribution in [2.24, 2.45) is 0 Å². The van der Waals surface area contributed by atoms with Crippen molar-refractivity contribution in [2.45, 2.75) is 193 Å². The lowest BCUT2D eigenvalue weighted by atomic mass is 10.1. The highest BCUT2D eigenvalue weighted by molar-refractivity contribution is 5.69. The van der Waals surface area contributed by atoms with Gasteiger partial charge in [-0.1, -0.05) is 134 Å². The van der Waals surface area contributed by atoms with Crippen molar-refractivity contribution in [1.29, 1.82) is 0 Å². The number of esters is 1. The summed E-state index contributed by atoms with van der Waals surface area (Å²) in [4.78, 5) is 11.9. The average Bonchev–Trinajstić information content (AvgIpc) is 2.95. The predicted molar refractivity (Wildman–Crippen MR) is 173 cm³/mol. The van der Waals surface area contributed by atoms with Gasteiger partial charge in [0.2, 0.25) is 0 Å². The Hall–Kier alpha value is -1.13. The molecule has 40 heavy (non-hydrogen) atoms. The van der Waals surface area contributed by atoms with Crippen molar-refractivity contribution in [1.82, 2.24) is 0 Å². The number of aliphatic hydroxyl groups is 2. The quantitative estimate of drug-likeness (QED) is 0.0499. The van der Waals surface area contributed by atoms with Gasteiger partial charge < -0.3 is 14.9 Å². The Kier molecular flexibility index (Phi) is 31.5. The zero-order chi connectivity index (χ0) is 29.4. The highest BCUT2D eigenvalue weighted by Crippen LogP contribution is 2.13. The number of carbonyl (C=O) groups is 1. The third kappa shape index (κ3) is 31.4. The molecule has 0 heterocycles. The van der Waals surface area contributed by atoms with Gasteiger partial charge in [-0.2, -0.15) is 0 Å². The fourth-order valence-electron chi connectivity index (χ4n) is 4.98. The molecular weight excluding hydrogens is 496 g/mol. The molecule has 0 aromatic carbocycles. The van der Waals surface area contributed by atoms with E-state index in [9.17, 15) is 15.0 Å². The van der Waals surface area contributed by atoms with Crippen LogP contribution in [0.2, 0.25) is 0 Å². The Morgan fingerprint density at radius 3 is 1.48 bits per heavy atom. The summed E-state index contributed by atoms with van der Waals surface area (Å²) in [6, 6.07) is 0. The summed E-state index contributed by atoms with van der Waals surface area (Å²) in [5.74, 6) is -0.0333. The molecule has 2 N–H and O–H groups in total. The molecule has 0 fully saturated rings. The SMILES string of the molecule is CCCCCC[C@@H](O)C/C=C\CCCCCCCCOC(=O)CCCCCCC/C=C/C[C@H](O)CCCCCC. The Labute approximate surface area is 249 Å². The Morgan fingerprint density at radius 1 is 0.550 bits per heavy atom. The Bertz CT molecular complexity index is 571. The van der Waals surface area contributed by atoms with Gasteiger partial charge in [-0.05, 0) is 64.2 Å². The van der Waals surface area contributed by atoms with E-state index in [1.165, 1.54) is 83.5 Å². The van der Waals surface area contributed by atoms with Crippen molar-refractivity contribution >= 4 is 5.97 Å². The van der Waals surface area contributed by atoms with Gasteiger partial charge >= 0.3 is 5.97 Å². The molecule has 0 aliphatic heterocycles. The van der Waals surface area contributed by atoms with E-state index in [1.54, 1.807) is 0 Å². The summed E-state index contributed by atoms with van der Waals surface area (Å²) in [6.45, 7) is 5.00. The van der Waals surface area contributed by atoms with Crippen LogP contribution in [0.5, 0.6) is 0 Å². The van der Waals surface area contributed by atoms with E-state index < -0.39 is 0 Å². The second-order valence-corrected chi connectivity index (χ2v) is 11.9. The molecule has 0 rings (SSSR count). The Morgan fingerprint density at radius 2 is 0.975 bits per heavy atom. The van der Waals surface area contributed by atoms with Crippen LogP contribution in [0, 0.1) is 0 Å². The second kappa shape index (κ2) is 32.4. The number of unbranched alkanes of at least 4 members (excludes halogenated alkanes) is 17. The second-order valence-electron chi connectivity index (χ2n) is 11.9. The Balaban J connectivity index is 3.35. The van der Waals surface area contributed by atoms with E-state index in [-0.39, 0.29) is 18.2 Å². The van der Waals surface area contributed by atoms with Crippen LogP contribution in [0.15, 0.2) is 24.3 Å². The standard InChI is InChI=1S/C36H68O4/c1-3-5-7-22-28-34(37)30-24-18-14-10-9-13-17-21-27-33-40-36(39)32-26-20-16-12-11-15-19-25-31-35(38)29-23-8-6-4-2/h18-19,24-25,34-35,37-38H,3-17,20-23,26-33H2,1-2H3/b24-18-,25-19+/t34-,35-/m1/s1. The molecule has 0 saturated carbocycles. The maximum atomic E-state index is 11.9. The molecule has 0 aromatic rings. The first kappa shape index (κ1) is 38.9. The number of carbonyl (C=O) groups excluding carboxylic acids is 1. The molecule has 0 aliphatic rings. The zero-order valence-electron chi connectivity index (χ0n) is 26.8. The van der Waals surface area contributed by atoms with Crippen LogP contribution in [0.4, 0.5) is 0 Å². The molecule has 2 atom stereocenters. The maximum absolute atomic E-state index is 11.9. The van der Waals surface area contributed by atoms with Crippen molar-refractivity contribution in [3.8, 4) is 0 Å². The fraction of sp³-hybridized carbons (Fsp3) is 0.861. The molecule has 4 heteroatoms. The lowest BCUT2D eigenvalue weighted by molar-refractivity contribution is -0.143. The molecule has 4 nitrogen and oxygen atoms in total. The highest BCUT2D eigenvalue weighted by Gasteiger charge is 2.03. The smallest absolute Gasteiger partial charge is 0.305 e. The summed E-state index contributed by atoms with van der Waals surface area (Å²) in [5.41, 5.74) is 0. The average molecular weight is 565 g/mol. The fourth-order valence-corrected chi connectivity index (χ4v) is 4.98. The summed E-state index contributed by atoms with van der Waals surface area (Å²) in [7, 11) is 0. The predicted octanol–water partition coefficient (Wildman–Crippen LogP) is 10.5. The third-order valence-electron chi connectivity index (χ3n) is 7.71. The van der Waals surface area contributed by atoms with Gasteiger partial charge in [0.25, 0.3) is 0 Å². The number of allylic oxidation sites excluding steroid dienone is 2. The van der Waals surface area contributed by atoms with E-state index in [2.05, 4.69) is 38.2 Å². The minimum absolute atomic E-state index is 0.0333. The topological polar surface area (TPSA) is 66.8 Å². The lowest BCUT2D eigenvalue weighted by Crippen LogP contribution is -2.05. The van der Waals surface area contributed by atoms with Gasteiger partial charge in [-0.3, -0.25) is 4.79 Å². The molecule has 0 spiro atoms. The zero-order valence-corrected chi connectivity index (χ0v) is 26.8. The number of hydrogen-bond acceptors (Lipinski definition) is 4. The minimum atomic E-state index is -0.173. The highest BCUT2D eigenvalue weighted by atomic mass is 16.5. The van der Waals surface area contributed by atoms with Crippen molar-refractivity contribution < 1.29 is 19.7 Å². The van der Waals surface area contributed by atoms with E-state index >= 15 is 0 Å². The first-order valence-corrected chi connectivity index (χ1v) is 17.4. The molecule has 0 radical (unpaired) electrons. The van der Waals surface area contributed by atoms with E-state index in [0.717, 1.165) is 77.0 Å². The number of hydrogen-bond donors (Lipinski definition) is 2. The van der Waals surface area contributed by atoms with Gasteiger partial charge in [0.1, 0.15) is 0 Å². The minimum Gasteiger partial charge on any atom is -0.466 e. The lowest BCUT2D eigenvalue weighted by Gasteiger charge is -2.07. The monoisotopic (exact) mass is 565 g/mol. The van der Waals surface area contributed by atoms with Crippen LogP contribution in [-0.2, 0) is 9.53 Å². The molecular formula is C36H68O4. The van der Waals surface area contributed by atoms with Crippen molar-refractivity contribution in [3.05, 3.63) is 24.3 Å². The number of aliphatic hydroxyl groups excluding tert-OH is 2. The molecule has 0 aliphatic carbocycles. The van der Waals surface area contributed by atoms with Crippen LogP contribution >= 0.6 is 0 Å². The van der Waals surface area contributed by atoms with Crippen molar-refractivity contribution in [3.63, 3.8) is 0 Å². The summed E-state index contributed by atoms with van der Waals surface area (Å²) >= 11 is 0. The van der Waals surface area contributed by atoms with Gasteiger partial charge in [0.15, 0.2) is 0 Å². The molecule has 0 aromatic heterocycles. The molecule has 0 unspecified atom stereocenters. The molecule has 0 saturated heterocycles. The third-order valence-corrected chi connectivity index (χ3v) is 7.71. The van der Waals surface area contributed by atoms with Crippen LogP contribution in [0.3, 0.4) is 0 Å². The van der Waals surface area contributed by atoms with Crippen molar-refractivity contribution in [2.75, 3.05) is 6.61 Å². The van der Waals surface area contributed by atoms with Gasteiger partial charge in [0, 0.05) is 6.42 Å². The van der Waals surface area contributed by atoms with Crippen LogP contribution in [0.25, 0.3) is 0 Å². The summed E-state index contributed by atoms with van der Waals surface area (Å²) in [5, 5.41) is 20.0.